The highest BCUT2D eigenvalue weighted by molar-refractivity contribution is 6.74. The van der Waals surface area contributed by atoms with Crippen LogP contribution in [0, 0.1) is 5.41 Å². The fraction of sp³-hybridized carbons (Fsp3) is 0.957. The maximum atomic E-state index is 12.2. The SMILES string of the molecule is CC(C)(C)C(=O)OC[C@@H](O)[C@@H]1O[C@@H](O)[C@H](O[Si](C)(C)C(C)(C)C)[C@H]1O[Si](C)(C)C(C)(C)C. The van der Waals surface area contributed by atoms with Crippen molar-refractivity contribution in [2.24, 2.45) is 5.41 Å². The normalized spacial score (nSPS) is 26.8. The van der Waals surface area contributed by atoms with Crippen LogP contribution in [0.5, 0.6) is 0 Å². The van der Waals surface area contributed by atoms with E-state index in [9.17, 15) is 15.0 Å². The van der Waals surface area contributed by atoms with Crippen molar-refractivity contribution in [3.05, 3.63) is 0 Å². The fourth-order valence-corrected chi connectivity index (χ4v) is 5.33. The van der Waals surface area contributed by atoms with Crippen LogP contribution < -0.4 is 0 Å². The number of hydrogen-bond donors (Lipinski definition) is 2. The van der Waals surface area contributed by atoms with Gasteiger partial charge in [-0.2, -0.15) is 0 Å². The largest absolute Gasteiger partial charge is 0.462 e. The Morgan fingerprint density at radius 1 is 0.875 bits per heavy atom. The van der Waals surface area contributed by atoms with Crippen LogP contribution in [-0.4, -0.2) is 70.1 Å². The van der Waals surface area contributed by atoms with Crippen molar-refractivity contribution in [2.45, 2.75) is 129 Å². The molecule has 0 saturated carbocycles. The molecule has 0 aliphatic carbocycles. The summed E-state index contributed by atoms with van der Waals surface area (Å²) in [5.74, 6) is -0.411. The lowest BCUT2D eigenvalue weighted by Crippen LogP contribution is -2.55. The first-order valence-electron chi connectivity index (χ1n) is 11.6. The Bertz CT molecular complexity index is 644. The summed E-state index contributed by atoms with van der Waals surface area (Å²) in [4.78, 5) is 12.2. The summed E-state index contributed by atoms with van der Waals surface area (Å²) >= 11 is 0. The van der Waals surface area contributed by atoms with Gasteiger partial charge in [0.2, 0.25) is 0 Å². The Balaban J connectivity index is 3.21. The molecular weight excluding hydrogens is 444 g/mol. The molecule has 0 aromatic carbocycles. The van der Waals surface area contributed by atoms with E-state index in [0.717, 1.165) is 0 Å². The molecule has 1 aliphatic rings. The van der Waals surface area contributed by atoms with Crippen molar-refractivity contribution in [3.8, 4) is 0 Å². The van der Waals surface area contributed by atoms with Gasteiger partial charge in [-0.25, -0.2) is 0 Å². The lowest BCUT2D eigenvalue weighted by molar-refractivity contribution is -0.168. The van der Waals surface area contributed by atoms with Gasteiger partial charge in [0, 0.05) is 0 Å². The topological polar surface area (TPSA) is 94.5 Å². The Kier molecular flexibility index (Phi) is 9.06. The van der Waals surface area contributed by atoms with E-state index in [1.54, 1.807) is 20.8 Å². The second kappa shape index (κ2) is 9.75. The molecule has 5 atom stereocenters. The third-order valence-corrected chi connectivity index (χ3v) is 16.0. The molecule has 1 aliphatic heterocycles. The van der Waals surface area contributed by atoms with E-state index in [1.807, 2.05) is 0 Å². The number of esters is 1. The summed E-state index contributed by atoms with van der Waals surface area (Å²) in [6, 6.07) is 0. The molecule has 0 amide bonds. The van der Waals surface area contributed by atoms with Gasteiger partial charge in [0.25, 0.3) is 0 Å². The van der Waals surface area contributed by atoms with E-state index in [-0.39, 0.29) is 16.7 Å². The van der Waals surface area contributed by atoms with Gasteiger partial charge >= 0.3 is 5.97 Å². The summed E-state index contributed by atoms with van der Waals surface area (Å²) < 4.78 is 24.3. The predicted molar refractivity (Wildman–Crippen MR) is 131 cm³/mol. The standard InChI is InChI=1S/C23H48O7Si2/c1-21(2,3)20(26)27-14-15(24)16-17(29-31(10,11)22(4,5)6)18(19(25)28-16)30-32(12,13)23(7,8)9/h15-19,24-25H,14H2,1-13H3/t15-,16+,17+,18-,19-/m1/s1. The molecular formula is C23H48O7Si2. The highest BCUT2D eigenvalue weighted by Gasteiger charge is 2.55. The van der Waals surface area contributed by atoms with E-state index < -0.39 is 58.7 Å². The number of aliphatic hydroxyl groups excluding tert-OH is 2. The number of hydrogen-bond acceptors (Lipinski definition) is 7. The molecule has 0 bridgehead atoms. The predicted octanol–water partition coefficient (Wildman–Crippen LogP) is 4.43. The summed E-state index contributed by atoms with van der Waals surface area (Å²) in [6.07, 6.45) is -4.68. The molecule has 2 N–H and O–H groups in total. The van der Waals surface area contributed by atoms with Crippen molar-refractivity contribution in [1.82, 2.24) is 0 Å². The van der Waals surface area contributed by atoms with Crippen LogP contribution in [0.2, 0.25) is 36.3 Å². The summed E-state index contributed by atoms with van der Waals surface area (Å²) in [5.41, 5.74) is -0.680. The summed E-state index contributed by atoms with van der Waals surface area (Å²) in [7, 11) is -4.57. The van der Waals surface area contributed by atoms with Crippen LogP contribution >= 0.6 is 0 Å². The number of carbonyl (C=O) groups is 1. The second-order valence-electron chi connectivity index (χ2n) is 13.1. The van der Waals surface area contributed by atoms with Gasteiger partial charge in [0.15, 0.2) is 22.9 Å². The highest BCUT2D eigenvalue weighted by atomic mass is 28.4. The van der Waals surface area contributed by atoms with Gasteiger partial charge in [-0.15, -0.1) is 0 Å². The molecule has 1 fully saturated rings. The molecule has 0 unspecified atom stereocenters. The molecule has 0 spiro atoms. The monoisotopic (exact) mass is 492 g/mol. The van der Waals surface area contributed by atoms with Gasteiger partial charge in [-0.1, -0.05) is 41.5 Å². The van der Waals surface area contributed by atoms with E-state index >= 15 is 0 Å². The van der Waals surface area contributed by atoms with Crippen molar-refractivity contribution in [2.75, 3.05) is 6.61 Å². The lowest BCUT2D eigenvalue weighted by Gasteiger charge is -2.44. The number of rotatable bonds is 7. The van der Waals surface area contributed by atoms with E-state index in [2.05, 4.69) is 67.7 Å². The average molecular weight is 493 g/mol. The van der Waals surface area contributed by atoms with Gasteiger partial charge in [0.1, 0.15) is 31.0 Å². The quantitative estimate of drug-likeness (QED) is 0.401. The Hall–Kier alpha value is -0.296. The van der Waals surface area contributed by atoms with E-state index in [4.69, 9.17) is 18.3 Å². The molecule has 1 saturated heterocycles. The van der Waals surface area contributed by atoms with Crippen LogP contribution in [0.3, 0.4) is 0 Å². The minimum Gasteiger partial charge on any atom is -0.462 e. The van der Waals surface area contributed by atoms with Crippen LogP contribution in [0.1, 0.15) is 62.3 Å². The maximum absolute atomic E-state index is 12.2. The van der Waals surface area contributed by atoms with Crippen LogP contribution in [0.4, 0.5) is 0 Å². The Morgan fingerprint density at radius 3 is 1.66 bits per heavy atom. The first kappa shape index (κ1) is 29.7. The molecule has 1 rings (SSSR count). The highest BCUT2D eigenvalue weighted by Crippen LogP contribution is 2.43. The van der Waals surface area contributed by atoms with Gasteiger partial charge in [-0.05, 0) is 57.0 Å². The molecule has 1 heterocycles. The van der Waals surface area contributed by atoms with Crippen molar-refractivity contribution < 1.29 is 33.3 Å². The Labute approximate surface area is 197 Å². The zero-order valence-corrected chi connectivity index (χ0v) is 24.5. The van der Waals surface area contributed by atoms with Crippen molar-refractivity contribution in [1.29, 1.82) is 0 Å². The first-order valence-corrected chi connectivity index (χ1v) is 17.4. The number of aliphatic hydroxyl groups is 2. The average Bonchev–Trinajstić information content (AvgIpc) is 2.85. The number of carbonyl (C=O) groups excluding carboxylic acids is 1. The van der Waals surface area contributed by atoms with Gasteiger partial charge < -0.3 is 28.5 Å². The van der Waals surface area contributed by atoms with Crippen LogP contribution in [-0.2, 0) is 23.1 Å². The Morgan fingerprint density at radius 2 is 1.28 bits per heavy atom. The molecule has 0 aromatic heterocycles. The molecule has 0 radical (unpaired) electrons. The van der Waals surface area contributed by atoms with E-state index in [1.165, 1.54) is 0 Å². The van der Waals surface area contributed by atoms with Crippen LogP contribution in [0.25, 0.3) is 0 Å². The minimum absolute atomic E-state index is 0.0762. The molecule has 7 nitrogen and oxygen atoms in total. The number of ether oxygens (including phenoxy) is 2. The molecule has 0 aromatic rings. The van der Waals surface area contributed by atoms with Gasteiger partial charge in [0.05, 0.1) is 5.41 Å². The third kappa shape index (κ3) is 7.10. The molecule has 32 heavy (non-hydrogen) atoms. The second-order valence-corrected chi connectivity index (χ2v) is 22.6. The minimum atomic E-state index is -2.30. The van der Waals surface area contributed by atoms with E-state index in [0.29, 0.717) is 0 Å². The van der Waals surface area contributed by atoms with Gasteiger partial charge in [-0.3, -0.25) is 4.79 Å². The summed E-state index contributed by atoms with van der Waals surface area (Å²) in [5, 5.41) is 21.5. The lowest BCUT2D eigenvalue weighted by atomic mass is 9.97. The zero-order valence-electron chi connectivity index (χ0n) is 22.5. The summed E-state index contributed by atoms with van der Waals surface area (Å²) in [6.45, 7) is 26.2. The fourth-order valence-electron chi connectivity index (χ4n) is 2.74. The van der Waals surface area contributed by atoms with Crippen LogP contribution in [0.15, 0.2) is 0 Å². The van der Waals surface area contributed by atoms with Crippen molar-refractivity contribution >= 4 is 22.6 Å². The molecule has 9 heteroatoms. The zero-order chi connectivity index (χ0) is 25.5. The van der Waals surface area contributed by atoms with Crippen molar-refractivity contribution in [3.63, 3.8) is 0 Å². The molecule has 190 valence electrons. The smallest absolute Gasteiger partial charge is 0.311 e. The third-order valence-electron chi connectivity index (χ3n) is 7.08. The first-order chi connectivity index (χ1) is 14.0. The maximum Gasteiger partial charge on any atom is 0.311 e.